The molecule has 0 N–H and O–H groups in total. The first kappa shape index (κ1) is 23.8. The first-order valence-electron chi connectivity index (χ1n) is 10.9. The van der Waals surface area contributed by atoms with E-state index < -0.39 is 29.6 Å². The van der Waals surface area contributed by atoms with E-state index in [9.17, 15) is 22.0 Å². The summed E-state index contributed by atoms with van der Waals surface area (Å²) in [6.07, 6.45) is -4.00. The van der Waals surface area contributed by atoms with Crippen molar-refractivity contribution >= 4 is 34.8 Å². The predicted molar refractivity (Wildman–Crippen MR) is 120 cm³/mol. The Hall–Kier alpha value is -2.89. The molecule has 0 aliphatic carbocycles. The Morgan fingerprint density at radius 3 is 2.34 bits per heavy atom. The van der Waals surface area contributed by atoms with E-state index >= 15 is 0 Å². The highest BCUT2D eigenvalue weighted by Gasteiger charge is 2.61. The fourth-order valence-electron chi connectivity index (χ4n) is 3.97. The molecule has 2 aliphatic heterocycles. The topological polar surface area (TPSA) is 72.1 Å². The van der Waals surface area contributed by atoms with E-state index in [2.05, 4.69) is 25.2 Å². The van der Waals surface area contributed by atoms with Gasteiger partial charge in [-0.25, -0.2) is 18.7 Å². The highest BCUT2D eigenvalue weighted by Crippen LogP contribution is 2.48. The average molecular weight is 514 g/mol. The van der Waals surface area contributed by atoms with Gasteiger partial charge in [-0.1, -0.05) is 44.5 Å². The van der Waals surface area contributed by atoms with Crippen molar-refractivity contribution in [2.45, 2.75) is 56.8 Å². The molecule has 0 saturated carbocycles. The Labute approximate surface area is 202 Å². The number of nitrogens with zero attached hydrogens (tertiary/aromatic N) is 7. The second kappa shape index (κ2) is 7.55. The first-order chi connectivity index (χ1) is 16.2. The Morgan fingerprint density at radius 2 is 1.80 bits per heavy atom. The summed E-state index contributed by atoms with van der Waals surface area (Å²) in [6, 6.07) is 4.02. The van der Waals surface area contributed by atoms with Gasteiger partial charge in [0.25, 0.3) is 5.92 Å². The first-order valence-corrected chi connectivity index (χ1v) is 11.2. The number of hydrogen-bond acceptors (Lipinski definition) is 6. The summed E-state index contributed by atoms with van der Waals surface area (Å²) in [5, 5.41) is 8.91. The molecule has 2 aromatic heterocycles. The van der Waals surface area contributed by atoms with Gasteiger partial charge in [-0.15, -0.1) is 10.2 Å². The van der Waals surface area contributed by atoms with Gasteiger partial charge in [-0.2, -0.15) is 18.0 Å². The molecular formula is C22H21ClF5N7. The third-order valence-corrected chi connectivity index (χ3v) is 6.39. The standard InChI is InChI=1S/C22H21ClF5N7/c1-19(2,3)18-30-16-15(17(31-18)34-7-6-20(24,25)11-34)32-35(33-16)9-12-4-5-13(8-14(12)23)21(10-29-21)22(26,27)28/h4-5,8,10H,6-7,9,11H2,1-3H3. The predicted octanol–water partition coefficient (Wildman–Crippen LogP) is 4.91. The van der Waals surface area contributed by atoms with Gasteiger partial charge in [0.1, 0.15) is 5.82 Å². The van der Waals surface area contributed by atoms with Crippen LogP contribution in [0.3, 0.4) is 0 Å². The average Bonchev–Trinajstić information content (AvgIpc) is 3.35. The number of rotatable bonds is 4. The zero-order valence-electron chi connectivity index (χ0n) is 19.0. The van der Waals surface area contributed by atoms with Crippen molar-refractivity contribution in [1.29, 1.82) is 0 Å². The van der Waals surface area contributed by atoms with E-state index in [0.29, 0.717) is 11.4 Å². The molecule has 7 nitrogen and oxygen atoms in total. The van der Waals surface area contributed by atoms with Gasteiger partial charge in [0, 0.05) is 29.6 Å². The van der Waals surface area contributed by atoms with Crippen molar-refractivity contribution < 1.29 is 22.0 Å². The second-order valence-corrected chi connectivity index (χ2v) is 10.3. The summed E-state index contributed by atoms with van der Waals surface area (Å²) in [7, 11) is 0. The van der Waals surface area contributed by atoms with Crippen LogP contribution in [0.15, 0.2) is 23.2 Å². The van der Waals surface area contributed by atoms with E-state index in [-0.39, 0.29) is 47.1 Å². The summed E-state index contributed by atoms with van der Waals surface area (Å²) in [5.74, 6) is -2.11. The van der Waals surface area contributed by atoms with Crippen molar-refractivity contribution in [3.63, 3.8) is 0 Å². The lowest BCUT2D eigenvalue weighted by atomic mass is 9.96. The summed E-state index contributed by atoms with van der Waals surface area (Å²) in [4.78, 5) is 15.2. The molecule has 2 aliphatic rings. The van der Waals surface area contributed by atoms with Crippen molar-refractivity contribution in [2.75, 3.05) is 18.0 Å². The van der Waals surface area contributed by atoms with Crippen LogP contribution in [0.5, 0.6) is 0 Å². The molecular weight excluding hydrogens is 493 g/mol. The molecule has 35 heavy (non-hydrogen) atoms. The maximum Gasteiger partial charge on any atom is 0.422 e. The van der Waals surface area contributed by atoms with Crippen LogP contribution in [-0.2, 0) is 17.5 Å². The zero-order chi connectivity index (χ0) is 25.4. The van der Waals surface area contributed by atoms with Crippen LogP contribution >= 0.6 is 11.6 Å². The summed E-state index contributed by atoms with van der Waals surface area (Å²) < 4.78 is 67.9. The molecule has 3 aromatic rings. The molecule has 0 spiro atoms. The minimum absolute atomic E-state index is 0.0375. The minimum Gasteiger partial charge on any atom is -0.348 e. The number of fused-ring (bicyclic) bond motifs is 1. The lowest BCUT2D eigenvalue weighted by Gasteiger charge is -2.21. The van der Waals surface area contributed by atoms with Crippen LogP contribution in [0, 0.1) is 0 Å². The zero-order valence-corrected chi connectivity index (χ0v) is 19.8. The van der Waals surface area contributed by atoms with Gasteiger partial charge in [-0.05, 0) is 17.2 Å². The lowest BCUT2D eigenvalue weighted by Crippen LogP contribution is -2.32. The van der Waals surface area contributed by atoms with Gasteiger partial charge in [0.05, 0.1) is 13.1 Å². The Kier molecular flexibility index (Phi) is 5.14. The molecule has 13 heteroatoms. The van der Waals surface area contributed by atoms with Gasteiger partial charge >= 0.3 is 6.18 Å². The monoisotopic (exact) mass is 513 g/mol. The molecule has 186 valence electrons. The van der Waals surface area contributed by atoms with Crippen LogP contribution in [0.2, 0.25) is 5.02 Å². The molecule has 5 rings (SSSR count). The van der Waals surface area contributed by atoms with Crippen LogP contribution in [0.4, 0.5) is 27.8 Å². The van der Waals surface area contributed by atoms with Crippen molar-refractivity contribution in [3.05, 3.63) is 40.2 Å². The van der Waals surface area contributed by atoms with E-state index in [1.165, 1.54) is 27.9 Å². The molecule has 1 atom stereocenters. The molecule has 0 amide bonds. The third kappa shape index (κ3) is 4.21. The van der Waals surface area contributed by atoms with E-state index in [1.807, 2.05) is 20.8 Å². The summed E-state index contributed by atoms with van der Waals surface area (Å²) >= 11 is 6.30. The van der Waals surface area contributed by atoms with Crippen molar-refractivity contribution in [2.24, 2.45) is 4.99 Å². The summed E-state index contributed by atoms with van der Waals surface area (Å²) in [5.41, 5.74) is -1.87. The molecule has 1 saturated heterocycles. The van der Waals surface area contributed by atoms with Crippen molar-refractivity contribution in [1.82, 2.24) is 25.0 Å². The smallest absolute Gasteiger partial charge is 0.348 e. The fourth-order valence-corrected chi connectivity index (χ4v) is 4.21. The van der Waals surface area contributed by atoms with E-state index in [0.717, 1.165) is 6.21 Å². The number of halogens is 6. The van der Waals surface area contributed by atoms with Crippen LogP contribution in [0.1, 0.15) is 44.1 Å². The quantitative estimate of drug-likeness (QED) is 0.464. The third-order valence-electron chi connectivity index (χ3n) is 6.04. The molecule has 1 fully saturated rings. The minimum atomic E-state index is -4.55. The number of aromatic nitrogens is 5. The molecule has 1 aromatic carbocycles. The number of benzene rings is 1. The lowest BCUT2D eigenvalue weighted by molar-refractivity contribution is -0.156. The van der Waals surface area contributed by atoms with E-state index in [4.69, 9.17) is 11.6 Å². The highest BCUT2D eigenvalue weighted by atomic mass is 35.5. The Bertz CT molecular complexity index is 1340. The molecule has 4 heterocycles. The highest BCUT2D eigenvalue weighted by molar-refractivity contribution is 6.31. The molecule has 0 radical (unpaired) electrons. The van der Waals surface area contributed by atoms with Gasteiger partial charge < -0.3 is 4.90 Å². The number of aliphatic imine (C=N–C) groups is 1. The van der Waals surface area contributed by atoms with Gasteiger partial charge in [0.15, 0.2) is 11.3 Å². The second-order valence-electron chi connectivity index (χ2n) is 9.88. The van der Waals surface area contributed by atoms with Crippen molar-refractivity contribution in [3.8, 4) is 0 Å². The van der Waals surface area contributed by atoms with Crippen LogP contribution in [0.25, 0.3) is 11.2 Å². The number of alkyl halides is 5. The van der Waals surface area contributed by atoms with Gasteiger partial charge in [0.2, 0.25) is 11.2 Å². The summed E-state index contributed by atoms with van der Waals surface area (Å²) in [6.45, 7) is 5.38. The molecule has 1 unspecified atom stereocenters. The van der Waals surface area contributed by atoms with Crippen LogP contribution < -0.4 is 4.90 Å². The van der Waals surface area contributed by atoms with Gasteiger partial charge in [-0.3, -0.25) is 4.99 Å². The Balaban J connectivity index is 1.50. The Morgan fingerprint density at radius 1 is 1.09 bits per heavy atom. The normalized spacial score (nSPS) is 21.8. The molecule has 0 bridgehead atoms. The number of anilines is 1. The maximum atomic E-state index is 13.9. The number of hydrogen-bond donors (Lipinski definition) is 0. The van der Waals surface area contributed by atoms with Crippen LogP contribution in [-0.4, -0.2) is 56.4 Å². The van der Waals surface area contributed by atoms with E-state index in [1.54, 1.807) is 0 Å². The maximum absolute atomic E-state index is 13.9. The fraction of sp³-hybridized carbons (Fsp3) is 0.500. The SMILES string of the molecule is CC(C)(C)c1nc(N2CCC(F)(F)C2)c2nn(Cc3ccc(C4(C(F)(F)F)C=N4)cc3Cl)nc2n1. The largest absolute Gasteiger partial charge is 0.422 e.